The number of nitrogens with two attached hydrogens (primary N) is 1. The molecule has 18 heavy (non-hydrogen) atoms. The molecule has 2 unspecified atom stereocenters. The zero-order chi connectivity index (χ0) is 12.7. The molecule has 3 rings (SSSR count). The largest absolute Gasteiger partial charge is 0.321 e. The van der Waals surface area contributed by atoms with Crippen LogP contribution in [0.3, 0.4) is 0 Å². The van der Waals surface area contributed by atoms with E-state index in [1.165, 1.54) is 0 Å². The van der Waals surface area contributed by atoms with Gasteiger partial charge in [-0.05, 0) is 24.3 Å². The van der Waals surface area contributed by atoms with E-state index in [0.717, 1.165) is 5.56 Å². The van der Waals surface area contributed by atoms with Crippen LogP contribution in [0.15, 0.2) is 24.3 Å². The molecule has 1 aromatic carbocycles. The molecule has 6 heteroatoms. The summed E-state index contributed by atoms with van der Waals surface area (Å²) in [5.41, 5.74) is 6.72. The summed E-state index contributed by atoms with van der Waals surface area (Å²) in [5, 5.41) is 4.95. The Kier molecular flexibility index (Phi) is 2.80. The third-order valence-electron chi connectivity index (χ3n) is 3.02. The monoisotopic (exact) mass is 266 g/mol. The number of nitrogens with zero attached hydrogens (tertiary/aromatic N) is 3. The predicted octanol–water partition coefficient (Wildman–Crippen LogP) is 2.34. The fraction of sp³-hybridized carbons (Fsp3) is 0.333. The Morgan fingerprint density at radius 3 is 2.78 bits per heavy atom. The van der Waals surface area contributed by atoms with E-state index < -0.39 is 6.17 Å². The van der Waals surface area contributed by atoms with Crippen LogP contribution < -0.4 is 5.73 Å². The molecule has 0 saturated carbocycles. The van der Waals surface area contributed by atoms with Gasteiger partial charge < -0.3 is 5.73 Å². The highest BCUT2D eigenvalue weighted by Gasteiger charge is 2.27. The van der Waals surface area contributed by atoms with Crippen LogP contribution in [0.1, 0.15) is 18.3 Å². The Balaban J connectivity index is 2.00. The lowest BCUT2D eigenvalue weighted by molar-refractivity contribution is 0.220. The van der Waals surface area contributed by atoms with Crippen LogP contribution in [-0.4, -0.2) is 20.9 Å². The highest BCUT2D eigenvalue weighted by molar-refractivity contribution is 6.30. The summed E-state index contributed by atoms with van der Waals surface area (Å²) in [7, 11) is 0. The van der Waals surface area contributed by atoms with E-state index in [9.17, 15) is 4.39 Å². The summed E-state index contributed by atoms with van der Waals surface area (Å²) in [5.74, 6) is 1.21. The van der Waals surface area contributed by atoms with Crippen LogP contribution >= 0.6 is 11.6 Å². The van der Waals surface area contributed by atoms with E-state index in [4.69, 9.17) is 17.3 Å². The topological polar surface area (TPSA) is 56.7 Å². The number of hydrogen-bond acceptors (Lipinski definition) is 3. The molecule has 0 fully saturated rings. The summed E-state index contributed by atoms with van der Waals surface area (Å²) in [6, 6.07) is 6.83. The summed E-state index contributed by atoms with van der Waals surface area (Å²) in [4.78, 5) is 4.38. The lowest BCUT2D eigenvalue weighted by Gasteiger charge is -2.21. The average molecular weight is 267 g/mol. The fourth-order valence-electron chi connectivity index (χ4n) is 2.13. The lowest BCUT2D eigenvalue weighted by atomic mass is 10.1. The summed E-state index contributed by atoms with van der Waals surface area (Å²) < 4.78 is 14.9. The second-order valence-electron chi connectivity index (χ2n) is 4.42. The number of hydrogen-bond donors (Lipinski definition) is 1. The second-order valence-corrected chi connectivity index (χ2v) is 4.86. The van der Waals surface area contributed by atoms with Gasteiger partial charge in [-0.3, -0.25) is 0 Å². The Labute approximate surface area is 109 Å². The van der Waals surface area contributed by atoms with Crippen molar-refractivity contribution < 1.29 is 4.39 Å². The number of rotatable bonds is 1. The number of halogens is 2. The van der Waals surface area contributed by atoms with Crippen molar-refractivity contribution in [2.24, 2.45) is 5.73 Å². The molecule has 1 aliphatic rings. The summed E-state index contributed by atoms with van der Waals surface area (Å²) >= 11 is 5.83. The number of fused-ring (bicyclic) bond motifs is 1. The minimum absolute atomic E-state index is 0.226. The van der Waals surface area contributed by atoms with Crippen molar-refractivity contribution in [2.45, 2.75) is 25.2 Å². The first kappa shape index (κ1) is 11.6. The van der Waals surface area contributed by atoms with Crippen molar-refractivity contribution in [2.75, 3.05) is 0 Å². The van der Waals surface area contributed by atoms with Crippen LogP contribution in [0.2, 0.25) is 5.02 Å². The molecule has 4 nitrogen and oxygen atoms in total. The highest BCUT2D eigenvalue weighted by Crippen LogP contribution is 2.26. The van der Waals surface area contributed by atoms with Crippen molar-refractivity contribution in [3.8, 4) is 11.4 Å². The maximum absolute atomic E-state index is 13.4. The second kappa shape index (κ2) is 4.33. The first-order valence-electron chi connectivity index (χ1n) is 5.74. The zero-order valence-electron chi connectivity index (χ0n) is 9.55. The van der Waals surface area contributed by atoms with Crippen LogP contribution in [0, 0.1) is 0 Å². The van der Waals surface area contributed by atoms with Gasteiger partial charge in [-0.1, -0.05) is 11.6 Å². The minimum Gasteiger partial charge on any atom is -0.321 e. The molecule has 0 radical (unpaired) electrons. The summed E-state index contributed by atoms with van der Waals surface area (Å²) in [6.45, 7) is 0.226. The molecule has 0 bridgehead atoms. The standard InChI is InChI=1S/C12H12ClFN4/c13-8-3-1-7(2-4-8)11-16-12-10(15)5-9(14)6-18(12)17-11/h1-4,9-10H,5-6,15H2. The van der Waals surface area contributed by atoms with Crippen LogP contribution in [-0.2, 0) is 6.54 Å². The third kappa shape index (κ3) is 2.00. The number of benzene rings is 1. The van der Waals surface area contributed by atoms with E-state index >= 15 is 0 Å². The lowest BCUT2D eigenvalue weighted by Crippen LogP contribution is -2.30. The first-order chi connectivity index (χ1) is 8.63. The molecule has 0 spiro atoms. The van der Waals surface area contributed by atoms with Crippen molar-refractivity contribution in [3.63, 3.8) is 0 Å². The van der Waals surface area contributed by atoms with Crippen LogP contribution in [0.4, 0.5) is 4.39 Å². The van der Waals surface area contributed by atoms with E-state index in [-0.39, 0.29) is 12.6 Å². The smallest absolute Gasteiger partial charge is 0.181 e. The van der Waals surface area contributed by atoms with E-state index in [2.05, 4.69) is 10.1 Å². The van der Waals surface area contributed by atoms with Crippen LogP contribution in [0.25, 0.3) is 11.4 Å². The first-order valence-corrected chi connectivity index (χ1v) is 6.11. The van der Waals surface area contributed by atoms with Gasteiger partial charge in [-0.15, -0.1) is 0 Å². The van der Waals surface area contributed by atoms with E-state index in [0.29, 0.717) is 23.1 Å². The maximum Gasteiger partial charge on any atom is 0.181 e. The van der Waals surface area contributed by atoms with E-state index in [1.54, 1.807) is 16.8 Å². The average Bonchev–Trinajstić information content (AvgIpc) is 2.74. The molecule has 94 valence electrons. The third-order valence-corrected chi connectivity index (χ3v) is 3.27. The van der Waals surface area contributed by atoms with Gasteiger partial charge in [0.2, 0.25) is 0 Å². The fourth-order valence-corrected chi connectivity index (χ4v) is 2.25. The van der Waals surface area contributed by atoms with Gasteiger partial charge in [-0.2, -0.15) is 5.10 Å². The molecule has 0 amide bonds. The maximum atomic E-state index is 13.4. The Hall–Kier alpha value is -1.46. The van der Waals surface area contributed by atoms with Crippen molar-refractivity contribution in [3.05, 3.63) is 35.1 Å². The number of aromatic nitrogens is 3. The molecule has 2 N–H and O–H groups in total. The molecule has 0 aliphatic carbocycles. The van der Waals surface area contributed by atoms with Gasteiger partial charge >= 0.3 is 0 Å². The van der Waals surface area contributed by atoms with Gasteiger partial charge in [0, 0.05) is 17.0 Å². The molecule has 2 atom stereocenters. The quantitative estimate of drug-likeness (QED) is 0.862. The molecule has 0 saturated heterocycles. The predicted molar refractivity (Wildman–Crippen MR) is 66.9 cm³/mol. The number of alkyl halides is 1. The Morgan fingerprint density at radius 1 is 1.33 bits per heavy atom. The van der Waals surface area contributed by atoms with E-state index in [1.807, 2.05) is 12.1 Å². The normalized spacial score (nSPS) is 22.8. The Bertz CT molecular complexity index is 566. The molecular weight excluding hydrogens is 255 g/mol. The molecule has 1 aromatic heterocycles. The van der Waals surface area contributed by atoms with Gasteiger partial charge in [-0.25, -0.2) is 14.1 Å². The van der Waals surface area contributed by atoms with Crippen LogP contribution in [0.5, 0.6) is 0 Å². The van der Waals surface area contributed by atoms with Gasteiger partial charge in [0.25, 0.3) is 0 Å². The minimum atomic E-state index is -0.952. The van der Waals surface area contributed by atoms with Crippen molar-refractivity contribution in [1.29, 1.82) is 0 Å². The molecule has 2 aromatic rings. The molecular formula is C12H12ClFN4. The molecule has 1 aliphatic heterocycles. The van der Waals surface area contributed by atoms with Gasteiger partial charge in [0.15, 0.2) is 5.82 Å². The zero-order valence-corrected chi connectivity index (χ0v) is 10.3. The summed E-state index contributed by atoms with van der Waals surface area (Å²) in [6.07, 6.45) is -0.647. The van der Waals surface area contributed by atoms with Crippen molar-refractivity contribution >= 4 is 11.6 Å². The highest BCUT2D eigenvalue weighted by atomic mass is 35.5. The van der Waals surface area contributed by atoms with Gasteiger partial charge in [0.1, 0.15) is 12.0 Å². The van der Waals surface area contributed by atoms with Crippen molar-refractivity contribution in [1.82, 2.24) is 14.8 Å². The Morgan fingerprint density at radius 2 is 2.06 bits per heavy atom. The van der Waals surface area contributed by atoms with Gasteiger partial charge in [0.05, 0.1) is 12.6 Å². The SMILES string of the molecule is NC1CC(F)Cn2nc(-c3ccc(Cl)cc3)nc21. The molecule has 2 heterocycles.